The lowest BCUT2D eigenvalue weighted by Crippen LogP contribution is -2.28. The molecular formula is C24H21N3O4. The van der Waals surface area contributed by atoms with Crippen LogP contribution in [0.2, 0.25) is 0 Å². The zero-order valence-electron chi connectivity index (χ0n) is 16.9. The number of benzene rings is 2. The average molecular weight is 415 g/mol. The highest BCUT2D eigenvalue weighted by molar-refractivity contribution is 5.94. The van der Waals surface area contributed by atoms with E-state index in [0.29, 0.717) is 36.1 Å². The Hall–Kier alpha value is -4.00. The predicted octanol–water partition coefficient (Wildman–Crippen LogP) is 4.39. The Morgan fingerprint density at radius 3 is 2.58 bits per heavy atom. The predicted molar refractivity (Wildman–Crippen MR) is 115 cm³/mol. The molecule has 1 N–H and O–H groups in total. The normalized spacial score (nSPS) is 13.6. The molecule has 7 nitrogen and oxygen atoms in total. The van der Waals surface area contributed by atoms with E-state index in [4.69, 9.17) is 13.9 Å². The van der Waals surface area contributed by atoms with Gasteiger partial charge in [-0.25, -0.2) is 4.68 Å². The van der Waals surface area contributed by atoms with E-state index in [1.807, 2.05) is 61.5 Å². The van der Waals surface area contributed by atoms with Crippen molar-refractivity contribution >= 4 is 5.91 Å². The molecule has 2 aromatic heterocycles. The van der Waals surface area contributed by atoms with Crippen LogP contribution in [0.4, 0.5) is 0 Å². The first-order valence-electron chi connectivity index (χ1n) is 10.1. The van der Waals surface area contributed by atoms with E-state index in [0.717, 1.165) is 17.0 Å². The average Bonchev–Trinajstić information content (AvgIpc) is 3.49. The number of furan rings is 1. The van der Waals surface area contributed by atoms with E-state index in [-0.39, 0.29) is 11.9 Å². The van der Waals surface area contributed by atoms with E-state index in [1.54, 1.807) is 23.1 Å². The van der Waals surface area contributed by atoms with Gasteiger partial charge in [-0.3, -0.25) is 4.79 Å². The number of nitrogens with one attached hydrogen (secondary N) is 1. The Morgan fingerprint density at radius 1 is 1.00 bits per heavy atom. The molecule has 0 radical (unpaired) electrons. The van der Waals surface area contributed by atoms with Crippen molar-refractivity contribution < 1.29 is 18.7 Å². The number of fused-ring (bicyclic) bond motifs is 1. The zero-order chi connectivity index (χ0) is 21.2. The standard InChI is InChI=1S/C24H21N3O4/c1-16(17-9-10-22-23(14-17)31-13-12-30-22)25-24(28)20-15-19(21-8-5-11-29-21)26-27(20)18-6-3-2-4-7-18/h2-11,14-16H,12-13H2,1H3,(H,25,28). The second-order valence-corrected chi connectivity index (χ2v) is 7.24. The van der Waals surface area contributed by atoms with Gasteiger partial charge in [-0.05, 0) is 48.9 Å². The molecule has 2 aromatic carbocycles. The molecule has 3 heterocycles. The van der Waals surface area contributed by atoms with Crippen LogP contribution in [0, 0.1) is 0 Å². The summed E-state index contributed by atoms with van der Waals surface area (Å²) < 4.78 is 18.3. The molecule has 0 fully saturated rings. The Morgan fingerprint density at radius 2 is 1.81 bits per heavy atom. The SMILES string of the molecule is CC(NC(=O)c1cc(-c2ccco2)nn1-c1ccccc1)c1ccc2c(c1)OCCO2. The first kappa shape index (κ1) is 19.0. The second-order valence-electron chi connectivity index (χ2n) is 7.24. The third-order valence-electron chi connectivity index (χ3n) is 5.13. The molecule has 5 rings (SSSR count). The largest absolute Gasteiger partial charge is 0.486 e. The van der Waals surface area contributed by atoms with Crippen LogP contribution in [-0.2, 0) is 0 Å². The highest BCUT2D eigenvalue weighted by Gasteiger charge is 2.21. The summed E-state index contributed by atoms with van der Waals surface area (Å²) in [5.41, 5.74) is 2.72. The van der Waals surface area contributed by atoms with Crippen LogP contribution in [0.3, 0.4) is 0 Å². The van der Waals surface area contributed by atoms with Gasteiger partial charge in [0.1, 0.15) is 24.6 Å². The number of ether oxygens (including phenoxy) is 2. The summed E-state index contributed by atoms with van der Waals surface area (Å²) in [6, 6.07) is 20.3. The fourth-order valence-corrected chi connectivity index (χ4v) is 3.54. The fourth-order valence-electron chi connectivity index (χ4n) is 3.54. The maximum absolute atomic E-state index is 13.2. The summed E-state index contributed by atoms with van der Waals surface area (Å²) in [7, 11) is 0. The number of hydrogen-bond donors (Lipinski definition) is 1. The lowest BCUT2D eigenvalue weighted by molar-refractivity contribution is 0.0932. The van der Waals surface area contributed by atoms with Crippen LogP contribution in [0.5, 0.6) is 11.5 Å². The Bertz CT molecular complexity index is 1200. The number of hydrogen-bond acceptors (Lipinski definition) is 5. The summed E-state index contributed by atoms with van der Waals surface area (Å²) in [4.78, 5) is 13.2. The molecule has 1 aliphatic rings. The number of nitrogens with zero attached hydrogens (tertiary/aromatic N) is 2. The summed E-state index contributed by atoms with van der Waals surface area (Å²) in [5, 5.41) is 7.67. The maximum Gasteiger partial charge on any atom is 0.270 e. The van der Waals surface area contributed by atoms with Crippen molar-refractivity contribution in [3.63, 3.8) is 0 Å². The summed E-state index contributed by atoms with van der Waals surface area (Å²) in [6.45, 7) is 2.99. The van der Waals surface area contributed by atoms with Gasteiger partial charge in [0.05, 0.1) is 18.0 Å². The highest BCUT2D eigenvalue weighted by Crippen LogP contribution is 2.32. The third kappa shape index (κ3) is 3.77. The van der Waals surface area contributed by atoms with Crippen molar-refractivity contribution in [3.8, 4) is 28.6 Å². The molecule has 156 valence electrons. The first-order valence-corrected chi connectivity index (χ1v) is 10.1. The molecule has 1 amide bonds. The number of rotatable bonds is 5. The van der Waals surface area contributed by atoms with Crippen molar-refractivity contribution in [2.45, 2.75) is 13.0 Å². The molecule has 7 heteroatoms. The van der Waals surface area contributed by atoms with Crippen LogP contribution in [0.25, 0.3) is 17.1 Å². The van der Waals surface area contributed by atoms with Gasteiger partial charge in [0.15, 0.2) is 17.3 Å². The Labute approximate surface area is 179 Å². The molecule has 1 aliphatic heterocycles. The van der Waals surface area contributed by atoms with E-state index < -0.39 is 0 Å². The summed E-state index contributed by atoms with van der Waals surface area (Å²) in [6.07, 6.45) is 1.58. The van der Waals surface area contributed by atoms with Gasteiger partial charge in [-0.1, -0.05) is 24.3 Å². The van der Waals surface area contributed by atoms with Crippen molar-refractivity contribution in [3.05, 3.63) is 84.3 Å². The van der Waals surface area contributed by atoms with Gasteiger partial charge < -0.3 is 19.2 Å². The quantitative estimate of drug-likeness (QED) is 0.523. The molecule has 31 heavy (non-hydrogen) atoms. The fraction of sp³-hybridized carbons (Fsp3) is 0.167. The van der Waals surface area contributed by atoms with E-state index >= 15 is 0 Å². The van der Waals surface area contributed by atoms with Gasteiger partial charge in [0, 0.05) is 6.07 Å². The van der Waals surface area contributed by atoms with E-state index in [9.17, 15) is 4.79 Å². The van der Waals surface area contributed by atoms with Crippen LogP contribution >= 0.6 is 0 Å². The third-order valence-corrected chi connectivity index (χ3v) is 5.13. The molecule has 0 saturated carbocycles. The minimum absolute atomic E-state index is 0.239. The summed E-state index contributed by atoms with van der Waals surface area (Å²) in [5.74, 6) is 1.78. The molecule has 1 unspecified atom stereocenters. The molecule has 0 saturated heterocycles. The van der Waals surface area contributed by atoms with Crippen molar-refractivity contribution in [1.29, 1.82) is 0 Å². The van der Waals surface area contributed by atoms with Crippen molar-refractivity contribution in [1.82, 2.24) is 15.1 Å². The second kappa shape index (κ2) is 8.02. The zero-order valence-corrected chi connectivity index (χ0v) is 16.9. The van der Waals surface area contributed by atoms with Crippen molar-refractivity contribution in [2.75, 3.05) is 13.2 Å². The first-order chi connectivity index (χ1) is 15.2. The van der Waals surface area contributed by atoms with Crippen LogP contribution < -0.4 is 14.8 Å². The van der Waals surface area contributed by atoms with Crippen molar-refractivity contribution in [2.24, 2.45) is 0 Å². The monoisotopic (exact) mass is 415 g/mol. The Balaban J connectivity index is 1.44. The molecule has 1 atom stereocenters. The number of amides is 1. The molecule has 0 aliphatic carbocycles. The van der Waals surface area contributed by atoms with Gasteiger partial charge in [0.25, 0.3) is 5.91 Å². The number of carbonyl (C=O) groups is 1. The maximum atomic E-state index is 13.2. The number of carbonyl (C=O) groups excluding carboxylic acids is 1. The molecule has 0 bridgehead atoms. The number of aromatic nitrogens is 2. The van der Waals surface area contributed by atoms with E-state index in [2.05, 4.69) is 10.4 Å². The van der Waals surface area contributed by atoms with Gasteiger partial charge in [-0.2, -0.15) is 5.10 Å². The van der Waals surface area contributed by atoms with Gasteiger partial charge >= 0.3 is 0 Å². The highest BCUT2D eigenvalue weighted by atomic mass is 16.6. The topological polar surface area (TPSA) is 78.5 Å². The molecule has 4 aromatic rings. The lowest BCUT2D eigenvalue weighted by atomic mass is 10.1. The Kier molecular flexibility index (Phi) is 4.92. The molecular weight excluding hydrogens is 394 g/mol. The van der Waals surface area contributed by atoms with E-state index in [1.165, 1.54) is 0 Å². The van der Waals surface area contributed by atoms with Gasteiger partial charge in [-0.15, -0.1) is 0 Å². The van der Waals surface area contributed by atoms with Crippen LogP contribution in [0.15, 0.2) is 77.4 Å². The van der Waals surface area contributed by atoms with Gasteiger partial charge in [0.2, 0.25) is 0 Å². The smallest absolute Gasteiger partial charge is 0.270 e. The molecule has 0 spiro atoms. The minimum atomic E-state index is -0.241. The van der Waals surface area contributed by atoms with Crippen LogP contribution in [0.1, 0.15) is 29.0 Å². The summed E-state index contributed by atoms with van der Waals surface area (Å²) >= 11 is 0. The van der Waals surface area contributed by atoms with Crippen LogP contribution in [-0.4, -0.2) is 28.9 Å². The number of para-hydroxylation sites is 1. The lowest BCUT2D eigenvalue weighted by Gasteiger charge is -2.21. The minimum Gasteiger partial charge on any atom is -0.486 e.